The van der Waals surface area contributed by atoms with Crippen molar-refractivity contribution in [2.75, 3.05) is 13.1 Å². The van der Waals surface area contributed by atoms with Gasteiger partial charge in [0.05, 0.1) is 6.26 Å². The first-order chi connectivity index (χ1) is 8.83. The van der Waals surface area contributed by atoms with Crippen molar-refractivity contribution in [3.63, 3.8) is 0 Å². The molecule has 3 heteroatoms. The minimum Gasteiger partial charge on any atom is -0.464 e. The third-order valence-electron chi connectivity index (χ3n) is 3.71. The average molecular weight is 247 g/mol. The van der Waals surface area contributed by atoms with Gasteiger partial charge >= 0.3 is 0 Å². The Hall–Kier alpha value is -1.35. The van der Waals surface area contributed by atoms with Crippen LogP contribution in [0, 0.1) is 5.82 Å². The van der Waals surface area contributed by atoms with Crippen molar-refractivity contribution in [2.45, 2.75) is 32.2 Å². The molecule has 0 amide bonds. The van der Waals surface area contributed by atoms with E-state index in [0.29, 0.717) is 0 Å². The van der Waals surface area contributed by atoms with Crippen molar-refractivity contribution in [1.29, 1.82) is 0 Å². The summed E-state index contributed by atoms with van der Waals surface area (Å²) in [5.41, 5.74) is 1.88. The Balaban J connectivity index is 1.83. The van der Waals surface area contributed by atoms with Crippen molar-refractivity contribution in [3.05, 3.63) is 35.8 Å². The minimum absolute atomic E-state index is 0.194. The quantitative estimate of drug-likeness (QED) is 0.799. The van der Waals surface area contributed by atoms with E-state index in [1.807, 2.05) is 0 Å². The molecular formula is C15H18FNO. The smallest absolute Gasteiger partial charge is 0.134 e. The van der Waals surface area contributed by atoms with Gasteiger partial charge in [0.15, 0.2) is 0 Å². The topological polar surface area (TPSA) is 16.4 Å². The van der Waals surface area contributed by atoms with E-state index >= 15 is 0 Å². The molecule has 0 saturated carbocycles. The van der Waals surface area contributed by atoms with Gasteiger partial charge in [-0.15, -0.1) is 0 Å². The van der Waals surface area contributed by atoms with Crippen LogP contribution in [0.1, 0.15) is 31.2 Å². The van der Waals surface area contributed by atoms with Crippen molar-refractivity contribution < 1.29 is 8.81 Å². The largest absolute Gasteiger partial charge is 0.464 e. The fourth-order valence-electron chi connectivity index (χ4n) is 2.71. The summed E-state index contributed by atoms with van der Waals surface area (Å²) in [6.45, 7) is 3.15. The second-order valence-corrected chi connectivity index (χ2v) is 5.09. The molecule has 1 aliphatic rings. The zero-order chi connectivity index (χ0) is 12.4. The molecule has 0 N–H and O–H groups in total. The van der Waals surface area contributed by atoms with Crippen molar-refractivity contribution in [2.24, 2.45) is 0 Å². The number of furan rings is 1. The van der Waals surface area contributed by atoms with Crippen LogP contribution in [0.25, 0.3) is 11.0 Å². The lowest BCUT2D eigenvalue weighted by atomic mass is 10.1. The van der Waals surface area contributed by atoms with Gasteiger partial charge in [0, 0.05) is 17.5 Å². The third-order valence-corrected chi connectivity index (χ3v) is 3.71. The molecule has 1 fully saturated rings. The SMILES string of the molecule is Fc1ccc2occ(CN3CCCCCC3)c2c1. The van der Waals surface area contributed by atoms with Gasteiger partial charge < -0.3 is 4.42 Å². The Morgan fingerprint density at radius 1 is 1.11 bits per heavy atom. The predicted octanol–water partition coefficient (Wildman–Crippen LogP) is 3.95. The van der Waals surface area contributed by atoms with Crippen LogP contribution in [0.5, 0.6) is 0 Å². The van der Waals surface area contributed by atoms with Gasteiger partial charge in [-0.1, -0.05) is 12.8 Å². The van der Waals surface area contributed by atoms with E-state index in [1.54, 1.807) is 18.4 Å². The molecule has 2 aromatic rings. The van der Waals surface area contributed by atoms with Gasteiger partial charge in [-0.05, 0) is 44.1 Å². The first-order valence-electron chi connectivity index (χ1n) is 6.71. The molecule has 0 unspecified atom stereocenters. The minimum atomic E-state index is -0.194. The molecule has 1 aliphatic heterocycles. The predicted molar refractivity (Wildman–Crippen MR) is 69.9 cm³/mol. The highest BCUT2D eigenvalue weighted by atomic mass is 19.1. The number of hydrogen-bond donors (Lipinski definition) is 0. The monoisotopic (exact) mass is 247 g/mol. The zero-order valence-electron chi connectivity index (χ0n) is 10.5. The average Bonchev–Trinajstić information content (AvgIpc) is 2.60. The van der Waals surface area contributed by atoms with Crippen LogP contribution in [-0.2, 0) is 6.54 Å². The summed E-state index contributed by atoms with van der Waals surface area (Å²) >= 11 is 0. The van der Waals surface area contributed by atoms with Crippen LogP contribution in [0.4, 0.5) is 4.39 Å². The molecule has 0 spiro atoms. The van der Waals surface area contributed by atoms with Crippen molar-refractivity contribution >= 4 is 11.0 Å². The van der Waals surface area contributed by atoms with Crippen LogP contribution < -0.4 is 0 Å². The van der Waals surface area contributed by atoms with Gasteiger partial charge in [0.2, 0.25) is 0 Å². The number of likely N-dealkylation sites (tertiary alicyclic amines) is 1. The van der Waals surface area contributed by atoms with E-state index in [2.05, 4.69) is 4.90 Å². The number of benzene rings is 1. The fraction of sp³-hybridized carbons (Fsp3) is 0.467. The molecule has 0 bridgehead atoms. The third kappa shape index (κ3) is 2.41. The number of hydrogen-bond acceptors (Lipinski definition) is 2. The normalized spacial score (nSPS) is 18.1. The molecule has 1 aromatic carbocycles. The lowest BCUT2D eigenvalue weighted by Crippen LogP contribution is -2.23. The maximum Gasteiger partial charge on any atom is 0.134 e. The van der Waals surface area contributed by atoms with E-state index in [9.17, 15) is 4.39 Å². The summed E-state index contributed by atoms with van der Waals surface area (Å²) in [7, 11) is 0. The van der Waals surface area contributed by atoms with E-state index in [-0.39, 0.29) is 5.82 Å². The molecular weight excluding hydrogens is 229 g/mol. The van der Waals surface area contributed by atoms with Gasteiger partial charge in [-0.25, -0.2) is 4.39 Å². The standard InChI is InChI=1S/C15H18FNO/c16-13-5-6-15-14(9-13)12(11-18-15)10-17-7-3-1-2-4-8-17/h5-6,9,11H,1-4,7-8,10H2. The Kier molecular flexibility index (Phi) is 3.33. The van der Waals surface area contributed by atoms with Crippen LogP contribution >= 0.6 is 0 Å². The lowest BCUT2D eigenvalue weighted by Gasteiger charge is -2.18. The molecule has 0 aliphatic carbocycles. The van der Waals surface area contributed by atoms with E-state index < -0.39 is 0 Å². The molecule has 96 valence electrons. The maximum absolute atomic E-state index is 13.3. The lowest BCUT2D eigenvalue weighted by molar-refractivity contribution is 0.277. The molecule has 18 heavy (non-hydrogen) atoms. The van der Waals surface area contributed by atoms with Crippen LogP contribution in [0.2, 0.25) is 0 Å². The first kappa shape index (κ1) is 11.7. The number of nitrogens with zero attached hydrogens (tertiary/aromatic N) is 1. The van der Waals surface area contributed by atoms with Crippen molar-refractivity contribution in [1.82, 2.24) is 4.90 Å². The summed E-state index contributed by atoms with van der Waals surface area (Å²) in [4.78, 5) is 2.45. The first-order valence-corrected chi connectivity index (χ1v) is 6.71. The molecule has 3 rings (SSSR count). The van der Waals surface area contributed by atoms with Crippen molar-refractivity contribution in [3.8, 4) is 0 Å². The number of rotatable bonds is 2. The van der Waals surface area contributed by atoms with E-state index in [4.69, 9.17) is 4.42 Å². The van der Waals surface area contributed by atoms with Gasteiger partial charge in [0.25, 0.3) is 0 Å². The Morgan fingerprint density at radius 3 is 2.67 bits per heavy atom. The summed E-state index contributed by atoms with van der Waals surface area (Å²) in [5.74, 6) is -0.194. The summed E-state index contributed by atoms with van der Waals surface area (Å²) < 4.78 is 18.8. The van der Waals surface area contributed by atoms with Gasteiger partial charge in [0.1, 0.15) is 11.4 Å². The highest BCUT2D eigenvalue weighted by Crippen LogP contribution is 2.24. The zero-order valence-corrected chi connectivity index (χ0v) is 10.5. The van der Waals surface area contributed by atoms with Gasteiger partial charge in [-0.2, -0.15) is 0 Å². The second-order valence-electron chi connectivity index (χ2n) is 5.09. The Morgan fingerprint density at radius 2 is 1.89 bits per heavy atom. The Labute approximate surface area is 106 Å². The Bertz CT molecular complexity index is 526. The van der Waals surface area contributed by atoms with Crippen LogP contribution in [-0.4, -0.2) is 18.0 Å². The number of fused-ring (bicyclic) bond motifs is 1. The summed E-state index contributed by atoms with van der Waals surface area (Å²) in [6, 6.07) is 4.73. The highest BCUT2D eigenvalue weighted by Gasteiger charge is 2.13. The molecule has 0 radical (unpaired) electrons. The summed E-state index contributed by atoms with van der Waals surface area (Å²) in [5, 5.41) is 0.916. The van der Waals surface area contributed by atoms with E-state index in [0.717, 1.165) is 36.2 Å². The molecule has 1 aromatic heterocycles. The fourth-order valence-corrected chi connectivity index (χ4v) is 2.71. The number of halogens is 1. The summed E-state index contributed by atoms with van der Waals surface area (Å²) in [6.07, 6.45) is 6.97. The second kappa shape index (κ2) is 5.11. The van der Waals surface area contributed by atoms with E-state index in [1.165, 1.54) is 31.7 Å². The molecule has 2 heterocycles. The van der Waals surface area contributed by atoms with Gasteiger partial charge in [-0.3, -0.25) is 4.90 Å². The molecule has 2 nitrogen and oxygen atoms in total. The van der Waals surface area contributed by atoms with Crippen LogP contribution in [0.3, 0.4) is 0 Å². The molecule has 0 atom stereocenters. The maximum atomic E-state index is 13.3. The highest BCUT2D eigenvalue weighted by molar-refractivity contribution is 5.80. The van der Waals surface area contributed by atoms with Crippen LogP contribution in [0.15, 0.2) is 28.9 Å². The molecule has 1 saturated heterocycles.